The molecule has 2 amide bonds. The standard InChI is InChI=1S/C16H22N2O2S/c1-2-21-14-10-6-9-13(14)18-15(19)11-17-16(20)12-7-4-3-5-8-12/h3-5,7-8,13-14H,2,6,9-11H2,1H3,(H,17,20)(H,18,19)/t13-,14-/m1/s1. The van der Waals surface area contributed by atoms with Gasteiger partial charge in [-0.15, -0.1) is 0 Å². The van der Waals surface area contributed by atoms with Crippen molar-refractivity contribution in [2.75, 3.05) is 12.3 Å². The summed E-state index contributed by atoms with van der Waals surface area (Å²) in [4.78, 5) is 23.8. The zero-order valence-electron chi connectivity index (χ0n) is 12.3. The predicted octanol–water partition coefficient (Wildman–Crippen LogP) is 2.21. The van der Waals surface area contributed by atoms with Crippen LogP contribution < -0.4 is 10.6 Å². The smallest absolute Gasteiger partial charge is 0.251 e. The third kappa shape index (κ3) is 4.77. The van der Waals surface area contributed by atoms with Gasteiger partial charge in [0.2, 0.25) is 5.91 Å². The second kappa shape index (κ2) is 8.08. The Kier molecular flexibility index (Phi) is 6.11. The van der Waals surface area contributed by atoms with Gasteiger partial charge in [0, 0.05) is 16.9 Å². The fourth-order valence-electron chi connectivity index (χ4n) is 2.61. The topological polar surface area (TPSA) is 58.2 Å². The molecule has 1 saturated carbocycles. The Labute approximate surface area is 130 Å². The van der Waals surface area contributed by atoms with E-state index in [1.165, 1.54) is 12.8 Å². The van der Waals surface area contributed by atoms with Crippen LogP contribution in [0.2, 0.25) is 0 Å². The molecule has 0 spiro atoms. The van der Waals surface area contributed by atoms with E-state index >= 15 is 0 Å². The summed E-state index contributed by atoms with van der Waals surface area (Å²) in [5.41, 5.74) is 0.575. The lowest BCUT2D eigenvalue weighted by molar-refractivity contribution is -0.120. The fraction of sp³-hybridized carbons (Fsp3) is 0.500. The second-order valence-electron chi connectivity index (χ2n) is 5.15. The van der Waals surface area contributed by atoms with Crippen molar-refractivity contribution in [2.45, 2.75) is 37.5 Å². The molecule has 2 rings (SSSR count). The Hall–Kier alpha value is -1.49. The van der Waals surface area contributed by atoms with Gasteiger partial charge in [0.05, 0.1) is 6.54 Å². The van der Waals surface area contributed by atoms with Crippen molar-refractivity contribution in [3.05, 3.63) is 35.9 Å². The minimum absolute atomic E-state index is 0.0355. The zero-order valence-corrected chi connectivity index (χ0v) is 13.1. The molecule has 4 nitrogen and oxygen atoms in total. The molecule has 2 N–H and O–H groups in total. The maximum Gasteiger partial charge on any atom is 0.251 e. The third-order valence-electron chi connectivity index (χ3n) is 3.63. The molecule has 114 valence electrons. The van der Waals surface area contributed by atoms with Crippen molar-refractivity contribution in [2.24, 2.45) is 0 Å². The third-order valence-corrected chi connectivity index (χ3v) is 4.95. The van der Waals surface area contributed by atoms with E-state index in [0.717, 1.165) is 12.2 Å². The number of thioether (sulfide) groups is 1. The lowest BCUT2D eigenvalue weighted by atomic mass is 10.2. The van der Waals surface area contributed by atoms with Gasteiger partial charge in [0.15, 0.2) is 0 Å². The van der Waals surface area contributed by atoms with Gasteiger partial charge in [0.25, 0.3) is 5.91 Å². The summed E-state index contributed by atoms with van der Waals surface area (Å²) in [5.74, 6) is 0.756. The first-order valence-corrected chi connectivity index (χ1v) is 8.49. The van der Waals surface area contributed by atoms with E-state index in [1.807, 2.05) is 17.8 Å². The summed E-state index contributed by atoms with van der Waals surface area (Å²) in [5, 5.41) is 6.23. The van der Waals surface area contributed by atoms with Gasteiger partial charge in [-0.05, 0) is 30.7 Å². The number of amides is 2. The number of hydrogen-bond acceptors (Lipinski definition) is 3. The molecule has 0 saturated heterocycles. The molecule has 5 heteroatoms. The molecule has 0 bridgehead atoms. The van der Waals surface area contributed by atoms with Crippen LogP contribution in [0.1, 0.15) is 36.5 Å². The summed E-state index contributed by atoms with van der Waals surface area (Å²) >= 11 is 1.91. The highest BCUT2D eigenvalue weighted by molar-refractivity contribution is 7.99. The zero-order chi connectivity index (χ0) is 15.1. The summed E-state index contributed by atoms with van der Waals surface area (Å²) in [6, 6.07) is 9.18. The van der Waals surface area contributed by atoms with Crippen LogP contribution >= 0.6 is 11.8 Å². The van der Waals surface area contributed by atoms with E-state index in [-0.39, 0.29) is 24.4 Å². The molecular weight excluding hydrogens is 284 g/mol. The first-order valence-electron chi connectivity index (χ1n) is 7.45. The number of carbonyl (C=O) groups excluding carboxylic acids is 2. The van der Waals surface area contributed by atoms with Crippen molar-refractivity contribution >= 4 is 23.6 Å². The van der Waals surface area contributed by atoms with Crippen molar-refractivity contribution in [3.8, 4) is 0 Å². The number of nitrogens with one attached hydrogen (secondary N) is 2. The molecule has 0 unspecified atom stereocenters. The number of benzene rings is 1. The molecule has 0 radical (unpaired) electrons. The van der Waals surface area contributed by atoms with Gasteiger partial charge in [-0.1, -0.05) is 31.5 Å². The van der Waals surface area contributed by atoms with E-state index in [9.17, 15) is 9.59 Å². The average molecular weight is 306 g/mol. The minimum Gasteiger partial charge on any atom is -0.351 e. The van der Waals surface area contributed by atoms with E-state index in [4.69, 9.17) is 0 Å². The molecule has 2 atom stereocenters. The molecule has 0 aliphatic heterocycles. The molecule has 1 fully saturated rings. The molecule has 1 aromatic carbocycles. The van der Waals surface area contributed by atoms with E-state index in [1.54, 1.807) is 24.3 Å². The SMILES string of the molecule is CCS[C@@H]1CCC[C@H]1NC(=O)CNC(=O)c1ccccc1. The van der Waals surface area contributed by atoms with E-state index in [2.05, 4.69) is 17.6 Å². The van der Waals surface area contributed by atoms with Crippen LogP contribution in [-0.4, -0.2) is 35.4 Å². The first kappa shape index (κ1) is 15.9. The van der Waals surface area contributed by atoms with Crippen molar-refractivity contribution in [1.29, 1.82) is 0 Å². The van der Waals surface area contributed by atoms with Crippen LogP contribution in [0.25, 0.3) is 0 Å². The Bertz CT molecular complexity index is 478. The second-order valence-corrected chi connectivity index (χ2v) is 6.66. The van der Waals surface area contributed by atoms with Crippen LogP contribution in [-0.2, 0) is 4.79 Å². The lowest BCUT2D eigenvalue weighted by Gasteiger charge is -2.20. The quantitative estimate of drug-likeness (QED) is 0.847. The minimum atomic E-state index is -0.211. The maximum absolute atomic E-state index is 11.9. The molecular formula is C16H22N2O2S. The molecule has 1 aliphatic carbocycles. The van der Waals surface area contributed by atoms with Gasteiger partial charge >= 0.3 is 0 Å². The summed E-state index contributed by atoms with van der Waals surface area (Å²) in [7, 11) is 0. The summed E-state index contributed by atoms with van der Waals surface area (Å²) in [6.45, 7) is 2.18. The highest BCUT2D eigenvalue weighted by atomic mass is 32.2. The van der Waals surface area contributed by atoms with Crippen molar-refractivity contribution in [3.63, 3.8) is 0 Å². The Morgan fingerprint density at radius 1 is 1.24 bits per heavy atom. The number of rotatable bonds is 6. The molecule has 1 aromatic rings. The number of carbonyl (C=O) groups is 2. The van der Waals surface area contributed by atoms with E-state index < -0.39 is 0 Å². The Morgan fingerprint density at radius 2 is 2.00 bits per heavy atom. The predicted molar refractivity (Wildman–Crippen MR) is 86.5 cm³/mol. The van der Waals surface area contributed by atoms with Gasteiger partial charge in [-0.2, -0.15) is 11.8 Å². The van der Waals surface area contributed by atoms with Crippen molar-refractivity contribution < 1.29 is 9.59 Å². The van der Waals surface area contributed by atoms with Crippen LogP contribution in [0.3, 0.4) is 0 Å². The van der Waals surface area contributed by atoms with Crippen LogP contribution in [0.5, 0.6) is 0 Å². The largest absolute Gasteiger partial charge is 0.351 e. The normalized spacial score (nSPS) is 21.0. The summed E-state index contributed by atoms with van der Waals surface area (Å²) in [6.07, 6.45) is 3.37. The molecule has 1 aliphatic rings. The molecule has 0 aromatic heterocycles. The Morgan fingerprint density at radius 3 is 2.71 bits per heavy atom. The first-order chi connectivity index (χ1) is 10.2. The molecule has 21 heavy (non-hydrogen) atoms. The molecule has 0 heterocycles. The van der Waals surface area contributed by atoms with Gasteiger partial charge in [-0.25, -0.2) is 0 Å². The highest BCUT2D eigenvalue weighted by Gasteiger charge is 2.28. The van der Waals surface area contributed by atoms with Crippen LogP contribution in [0, 0.1) is 0 Å². The van der Waals surface area contributed by atoms with Gasteiger partial charge in [0.1, 0.15) is 0 Å². The van der Waals surface area contributed by atoms with Gasteiger partial charge < -0.3 is 10.6 Å². The monoisotopic (exact) mass is 306 g/mol. The lowest BCUT2D eigenvalue weighted by Crippen LogP contribution is -2.44. The average Bonchev–Trinajstić information content (AvgIpc) is 2.93. The van der Waals surface area contributed by atoms with E-state index in [0.29, 0.717) is 10.8 Å². The van der Waals surface area contributed by atoms with Crippen molar-refractivity contribution in [1.82, 2.24) is 10.6 Å². The van der Waals surface area contributed by atoms with Crippen LogP contribution in [0.15, 0.2) is 30.3 Å². The number of hydrogen-bond donors (Lipinski definition) is 2. The Balaban J connectivity index is 1.76. The summed E-state index contributed by atoms with van der Waals surface area (Å²) < 4.78 is 0. The van der Waals surface area contributed by atoms with Crippen LogP contribution in [0.4, 0.5) is 0 Å². The van der Waals surface area contributed by atoms with Gasteiger partial charge in [-0.3, -0.25) is 9.59 Å². The fourth-order valence-corrected chi connectivity index (χ4v) is 3.81. The highest BCUT2D eigenvalue weighted by Crippen LogP contribution is 2.29. The maximum atomic E-state index is 11.9.